The fourth-order valence-electron chi connectivity index (χ4n) is 3.80. The van der Waals surface area contributed by atoms with E-state index in [1.807, 2.05) is 4.90 Å². The molecule has 2 atom stereocenters. The molecule has 0 radical (unpaired) electrons. The topological polar surface area (TPSA) is 88.3 Å². The van der Waals surface area contributed by atoms with Crippen LogP contribution < -0.4 is 4.90 Å². The zero-order valence-electron chi connectivity index (χ0n) is 14.3. The largest absolute Gasteiger partial charge is 0.340 e. The van der Waals surface area contributed by atoms with Crippen molar-refractivity contribution in [2.45, 2.75) is 38.6 Å². The molecule has 0 unspecified atom stereocenters. The van der Waals surface area contributed by atoms with E-state index in [9.17, 15) is 4.79 Å². The van der Waals surface area contributed by atoms with E-state index in [0.717, 1.165) is 38.8 Å². The monoisotopic (exact) mass is 342 g/mol. The smallest absolute Gasteiger partial charge is 0.228 e. The summed E-state index contributed by atoms with van der Waals surface area (Å²) in [5.74, 6) is 2.02. The summed E-state index contributed by atoms with van der Waals surface area (Å²) in [6.07, 6.45) is 7.21. The van der Waals surface area contributed by atoms with E-state index in [-0.39, 0.29) is 17.9 Å². The molecule has 0 aromatic carbocycles. The Morgan fingerprint density at radius 2 is 2.00 bits per heavy atom. The van der Waals surface area contributed by atoms with Crippen LogP contribution in [0.3, 0.4) is 0 Å². The van der Waals surface area contributed by atoms with Crippen LogP contribution in [0.4, 0.5) is 5.95 Å². The minimum atomic E-state index is -0.0618. The van der Waals surface area contributed by atoms with E-state index in [1.165, 1.54) is 0 Å². The summed E-state index contributed by atoms with van der Waals surface area (Å²) in [7, 11) is 0. The molecular weight excluding hydrogens is 320 g/mol. The highest BCUT2D eigenvalue weighted by atomic mass is 16.5. The fourth-order valence-corrected chi connectivity index (χ4v) is 3.80. The molecule has 0 saturated carbocycles. The number of carbonyl (C=O) groups is 1. The standard InChI is InChI=1S/C17H22N6O2/c1-12-20-15(21-25-12)14-6-3-10-23(14)16(24)13-5-2-9-22(11-13)17-18-7-4-8-19-17/h4,7-8,13-14H,2-3,5-6,9-11H2,1H3/t13-,14-/m1/s1. The lowest BCUT2D eigenvalue weighted by Crippen LogP contribution is -2.45. The van der Waals surface area contributed by atoms with Gasteiger partial charge in [0.15, 0.2) is 5.82 Å². The van der Waals surface area contributed by atoms with Gasteiger partial charge in [-0.2, -0.15) is 4.98 Å². The Morgan fingerprint density at radius 3 is 2.76 bits per heavy atom. The van der Waals surface area contributed by atoms with Gasteiger partial charge in [0.05, 0.1) is 12.0 Å². The third kappa shape index (κ3) is 3.20. The molecule has 2 aromatic rings. The van der Waals surface area contributed by atoms with Gasteiger partial charge in [-0.05, 0) is 31.7 Å². The van der Waals surface area contributed by atoms with Crippen molar-refractivity contribution in [2.75, 3.05) is 24.5 Å². The second-order valence-electron chi connectivity index (χ2n) is 6.70. The number of piperidine rings is 1. The van der Waals surface area contributed by atoms with Gasteiger partial charge in [-0.15, -0.1) is 0 Å². The van der Waals surface area contributed by atoms with Crippen LogP contribution in [0.15, 0.2) is 23.0 Å². The summed E-state index contributed by atoms with van der Waals surface area (Å²) in [6.45, 7) is 4.09. The average Bonchev–Trinajstić information content (AvgIpc) is 3.30. The van der Waals surface area contributed by atoms with E-state index in [0.29, 0.717) is 24.2 Å². The van der Waals surface area contributed by atoms with Crippen LogP contribution in [0, 0.1) is 12.8 Å². The quantitative estimate of drug-likeness (QED) is 0.839. The van der Waals surface area contributed by atoms with Crippen LogP contribution in [0.25, 0.3) is 0 Å². The summed E-state index contributed by atoms with van der Waals surface area (Å²) in [4.78, 5) is 30.1. The van der Waals surface area contributed by atoms with Gasteiger partial charge in [0, 0.05) is 39.0 Å². The first-order chi connectivity index (χ1) is 12.2. The molecule has 2 saturated heterocycles. The van der Waals surface area contributed by atoms with Crippen molar-refractivity contribution >= 4 is 11.9 Å². The molecule has 0 N–H and O–H groups in total. The van der Waals surface area contributed by atoms with Gasteiger partial charge in [0.1, 0.15) is 0 Å². The molecule has 1 amide bonds. The van der Waals surface area contributed by atoms with Gasteiger partial charge < -0.3 is 14.3 Å². The number of amides is 1. The number of likely N-dealkylation sites (tertiary alicyclic amines) is 1. The molecule has 2 aliphatic heterocycles. The number of carbonyl (C=O) groups excluding carboxylic acids is 1. The zero-order chi connectivity index (χ0) is 17.2. The van der Waals surface area contributed by atoms with Crippen molar-refractivity contribution in [3.63, 3.8) is 0 Å². The van der Waals surface area contributed by atoms with Crippen LogP contribution in [0.2, 0.25) is 0 Å². The molecule has 2 aromatic heterocycles. The molecule has 0 bridgehead atoms. The maximum Gasteiger partial charge on any atom is 0.228 e. The molecule has 0 aliphatic carbocycles. The second-order valence-corrected chi connectivity index (χ2v) is 6.70. The summed E-state index contributed by atoms with van der Waals surface area (Å²) < 4.78 is 5.10. The second kappa shape index (κ2) is 6.78. The van der Waals surface area contributed by atoms with Crippen molar-refractivity contribution in [1.82, 2.24) is 25.0 Å². The summed E-state index contributed by atoms with van der Waals surface area (Å²) in [5, 5.41) is 4.03. The number of rotatable bonds is 3. The van der Waals surface area contributed by atoms with E-state index in [4.69, 9.17) is 4.52 Å². The lowest BCUT2D eigenvalue weighted by Gasteiger charge is -2.35. The number of anilines is 1. The van der Waals surface area contributed by atoms with Crippen molar-refractivity contribution in [3.05, 3.63) is 30.2 Å². The lowest BCUT2D eigenvalue weighted by atomic mass is 9.96. The number of aromatic nitrogens is 4. The predicted molar refractivity (Wildman–Crippen MR) is 89.7 cm³/mol. The first kappa shape index (κ1) is 16.0. The molecule has 0 spiro atoms. The third-order valence-electron chi connectivity index (χ3n) is 4.98. The molecule has 2 aliphatic rings. The Bertz CT molecular complexity index is 734. The van der Waals surface area contributed by atoms with Gasteiger partial charge in [0.25, 0.3) is 0 Å². The molecular formula is C17H22N6O2. The van der Waals surface area contributed by atoms with Crippen LogP contribution in [-0.2, 0) is 4.79 Å². The average molecular weight is 342 g/mol. The normalized spacial score (nSPS) is 23.9. The Balaban J connectivity index is 1.48. The minimum Gasteiger partial charge on any atom is -0.340 e. The Hall–Kier alpha value is -2.51. The van der Waals surface area contributed by atoms with Crippen molar-refractivity contribution in [2.24, 2.45) is 5.92 Å². The highest BCUT2D eigenvalue weighted by Gasteiger charge is 2.38. The van der Waals surface area contributed by atoms with Crippen LogP contribution in [-0.4, -0.2) is 50.5 Å². The highest BCUT2D eigenvalue weighted by molar-refractivity contribution is 5.80. The highest BCUT2D eigenvalue weighted by Crippen LogP contribution is 2.33. The number of hydrogen-bond donors (Lipinski definition) is 0. The zero-order valence-corrected chi connectivity index (χ0v) is 14.3. The van der Waals surface area contributed by atoms with Gasteiger partial charge in [-0.3, -0.25) is 4.79 Å². The third-order valence-corrected chi connectivity index (χ3v) is 4.98. The van der Waals surface area contributed by atoms with Gasteiger partial charge in [-0.25, -0.2) is 9.97 Å². The molecule has 2 fully saturated rings. The molecule has 8 nitrogen and oxygen atoms in total. The first-order valence-corrected chi connectivity index (χ1v) is 8.85. The van der Waals surface area contributed by atoms with Gasteiger partial charge >= 0.3 is 0 Å². The van der Waals surface area contributed by atoms with Gasteiger partial charge in [-0.1, -0.05) is 5.16 Å². The van der Waals surface area contributed by atoms with E-state index in [1.54, 1.807) is 25.4 Å². The van der Waals surface area contributed by atoms with Crippen molar-refractivity contribution in [1.29, 1.82) is 0 Å². The van der Waals surface area contributed by atoms with Crippen molar-refractivity contribution in [3.8, 4) is 0 Å². The van der Waals surface area contributed by atoms with E-state index in [2.05, 4.69) is 25.0 Å². The van der Waals surface area contributed by atoms with Crippen LogP contribution in [0.1, 0.15) is 43.4 Å². The first-order valence-electron chi connectivity index (χ1n) is 8.85. The van der Waals surface area contributed by atoms with Crippen molar-refractivity contribution < 1.29 is 9.32 Å². The van der Waals surface area contributed by atoms with Crippen LogP contribution in [0.5, 0.6) is 0 Å². The Kier molecular flexibility index (Phi) is 4.33. The number of hydrogen-bond acceptors (Lipinski definition) is 7. The Labute approximate surface area is 146 Å². The molecule has 132 valence electrons. The number of aryl methyl sites for hydroxylation is 1. The minimum absolute atomic E-state index is 0.0360. The number of nitrogens with zero attached hydrogens (tertiary/aromatic N) is 6. The predicted octanol–water partition coefficient (Wildman–Crippen LogP) is 1.75. The molecule has 4 rings (SSSR count). The maximum atomic E-state index is 13.1. The molecule has 8 heteroatoms. The molecule has 25 heavy (non-hydrogen) atoms. The van der Waals surface area contributed by atoms with Crippen LogP contribution >= 0.6 is 0 Å². The van der Waals surface area contributed by atoms with E-state index < -0.39 is 0 Å². The summed E-state index contributed by atoms with van der Waals surface area (Å²) >= 11 is 0. The fraction of sp³-hybridized carbons (Fsp3) is 0.588. The summed E-state index contributed by atoms with van der Waals surface area (Å²) in [6, 6.07) is 1.74. The maximum absolute atomic E-state index is 13.1. The summed E-state index contributed by atoms with van der Waals surface area (Å²) in [5.41, 5.74) is 0. The lowest BCUT2D eigenvalue weighted by molar-refractivity contribution is -0.137. The Morgan fingerprint density at radius 1 is 1.20 bits per heavy atom. The SMILES string of the molecule is Cc1nc([C@H]2CCCN2C(=O)[C@@H]2CCCN(c3ncccn3)C2)no1. The van der Waals surface area contributed by atoms with E-state index >= 15 is 0 Å². The van der Waals surface area contributed by atoms with Gasteiger partial charge in [0.2, 0.25) is 17.7 Å². The molecule has 4 heterocycles.